The molecule has 0 bridgehead atoms. The minimum atomic E-state index is -4.50. The van der Waals surface area contributed by atoms with Gasteiger partial charge in [0.2, 0.25) is 0 Å². The van der Waals surface area contributed by atoms with E-state index in [1.54, 1.807) is 33.1 Å². The molecule has 3 aromatic rings. The topological polar surface area (TPSA) is 39.4 Å². The van der Waals surface area contributed by atoms with Gasteiger partial charge in [-0.1, -0.05) is 6.07 Å². The summed E-state index contributed by atoms with van der Waals surface area (Å²) in [6.45, 7) is 5.10. The van der Waals surface area contributed by atoms with E-state index >= 15 is 0 Å². The standard InChI is InChI=1S/C17H16F3N3O/c1-9-7-12(5-6-13(9)24-4)15-11(3)22-23-14(17(18,19)20)8-10(2)21-16(15)23/h5-8H,1-4H3. The highest BCUT2D eigenvalue weighted by Gasteiger charge is 2.35. The SMILES string of the molecule is COc1ccc(-c2c(C)nn3c(C(F)(F)F)cc(C)nc23)cc1C. The second kappa shape index (κ2) is 5.51. The molecule has 126 valence electrons. The first kappa shape index (κ1) is 16.3. The van der Waals surface area contributed by atoms with Gasteiger partial charge in [0.1, 0.15) is 11.4 Å². The minimum absolute atomic E-state index is 0.199. The van der Waals surface area contributed by atoms with Crippen LogP contribution in [0.15, 0.2) is 24.3 Å². The van der Waals surface area contributed by atoms with Crippen LogP contribution in [0.2, 0.25) is 0 Å². The fourth-order valence-corrected chi connectivity index (χ4v) is 2.82. The molecule has 0 aliphatic heterocycles. The first-order chi connectivity index (χ1) is 11.2. The Morgan fingerprint density at radius 2 is 1.79 bits per heavy atom. The van der Waals surface area contributed by atoms with Crippen molar-refractivity contribution in [3.8, 4) is 16.9 Å². The van der Waals surface area contributed by atoms with E-state index in [0.29, 0.717) is 22.7 Å². The smallest absolute Gasteiger partial charge is 0.433 e. The summed E-state index contributed by atoms with van der Waals surface area (Å²) in [6.07, 6.45) is -4.50. The zero-order valence-corrected chi connectivity index (χ0v) is 13.7. The van der Waals surface area contributed by atoms with Crippen LogP contribution in [0, 0.1) is 20.8 Å². The predicted molar refractivity (Wildman–Crippen MR) is 84.2 cm³/mol. The summed E-state index contributed by atoms with van der Waals surface area (Å²) in [5, 5.41) is 4.07. The Bertz CT molecular complexity index is 929. The lowest BCUT2D eigenvalue weighted by Gasteiger charge is -2.10. The second-order valence-electron chi connectivity index (χ2n) is 5.66. The third-order valence-electron chi connectivity index (χ3n) is 3.87. The first-order valence-electron chi connectivity index (χ1n) is 7.31. The number of methoxy groups -OCH3 is 1. The Morgan fingerprint density at radius 1 is 1.08 bits per heavy atom. The summed E-state index contributed by atoms with van der Waals surface area (Å²) in [5.41, 5.74) is 2.39. The van der Waals surface area contributed by atoms with Gasteiger partial charge >= 0.3 is 6.18 Å². The van der Waals surface area contributed by atoms with E-state index in [0.717, 1.165) is 21.7 Å². The molecule has 1 aromatic carbocycles. The number of rotatable bonds is 2. The maximum absolute atomic E-state index is 13.3. The number of hydrogen-bond donors (Lipinski definition) is 0. The molecule has 0 N–H and O–H groups in total. The van der Waals surface area contributed by atoms with E-state index in [2.05, 4.69) is 10.1 Å². The van der Waals surface area contributed by atoms with Gasteiger partial charge in [-0.05, 0) is 50.1 Å². The fraction of sp³-hybridized carbons (Fsp3) is 0.294. The van der Waals surface area contributed by atoms with Crippen LogP contribution in [-0.4, -0.2) is 21.7 Å². The molecule has 0 atom stereocenters. The monoisotopic (exact) mass is 335 g/mol. The summed E-state index contributed by atoms with van der Waals surface area (Å²) in [6, 6.07) is 6.45. The van der Waals surface area contributed by atoms with E-state index in [4.69, 9.17) is 4.74 Å². The van der Waals surface area contributed by atoms with Crippen molar-refractivity contribution in [1.82, 2.24) is 14.6 Å². The van der Waals surface area contributed by atoms with Crippen molar-refractivity contribution in [2.75, 3.05) is 7.11 Å². The number of halogens is 3. The molecule has 0 unspecified atom stereocenters. The maximum atomic E-state index is 13.3. The molecule has 0 saturated heterocycles. The lowest BCUT2D eigenvalue weighted by atomic mass is 10.0. The van der Waals surface area contributed by atoms with Crippen LogP contribution >= 0.6 is 0 Å². The summed E-state index contributed by atoms with van der Waals surface area (Å²) in [4.78, 5) is 4.29. The maximum Gasteiger partial charge on any atom is 0.433 e. The lowest BCUT2D eigenvalue weighted by molar-refractivity contribution is -0.142. The van der Waals surface area contributed by atoms with Crippen molar-refractivity contribution >= 4 is 5.65 Å². The number of aromatic nitrogens is 3. The van der Waals surface area contributed by atoms with Crippen LogP contribution in [0.4, 0.5) is 13.2 Å². The molecule has 0 radical (unpaired) electrons. The van der Waals surface area contributed by atoms with Gasteiger partial charge in [0.15, 0.2) is 5.65 Å². The van der Waals surface area contributed by atoms with Crippen LogP contribution < -0.4 is 4.74 Å². The Balaban J connectivity index is 2.32. The largest absolute Gasteiger partial charge is 0.496 e. The van der Waals surface area contributed by atoms with E-state index in [1.165, 1.54) is 0 Å². The van der Waals surface area contributed by atoms with E-state index in [1.807, 2.05) is 13.0 Å². The van der Waals surface area contributed by atoms with Gasteiger partial charge in [0, 0.05) is 11.3 Å². The quantitative estimate of drug-likeness (QED) is 0.699. The third kappa shape index (κ3) is 2.60. The summed E-state index contributed by atoms with van der Waals surface area (Å²) in [5.74, 6) is 0.716. The van der Waals surface area contributed by atoms with Crippen LogP contribution in [0.25, 0.3) is 16.8 Å². The molecule has 0 spiro atoms. The van der Waals surface area contributed by atoms with Gasteiger partial charge in [-0.2, -0.15) is 18.3 Å². The van der Waals surface area contributed by atoms with Gasteiger partial charge in [-0.3, -0.25) is 0 Å². The third-order valence-corrected chi connectivity index (χ3v) is 3.87. The molecule has 4 nitrogen and oxygen atoms in total. The molecule has 0 amide bonds. The van der Waals surface area contributed by atoms with E-state index in [-0.39, 0.29) is 5.65 Å². The molecule has 2 aromatic heterocycles. The number of alkyl halides is 3. The highest BCUT2D eigenvalue weighted by atomic mass is 19.4. The molecular weight excluding hydrogens is 319 g/mol. The molecule has 0 aliphatic rings. The summed E-state index contributed by atoms with van der Waals surface area (Å²) in [7, 11) is 1.57. The molecule has 0 aliphatic carbocycles. The Kier molecular flexibility index (Phi) is 3.74. The van der Waals surface area contributed by atoms with Crippen LogP contribution in [-0.2, 0) is 6.18 Å². The average Bonchev–Trinajstić information content (AvgIpc) is 2.81. The molecule has 7 heteroatoms. The van der Waals surface area contributed by atoms with E-state index < -0.39 is 11.9 Å². The highest BCUT2D eigenvalue weighted by molar-refractivity contribution is 5.80. The van der Waals surface area contributed by atoms with Gasteiger partial charge in [0.05, 0.1) is 12.8 Å². The van der Waals surface area contributed by atoms with Crippen molar-refractivity contribution in [2.45, 2.75) is 26.9 Å². The number of fused-ring (bicyclic) bond motifs is 1. The van der Waals surface area contributed by atoms with Crippen LogP contribution in [0.3, 0.4) is 0 Å². The van der Waals surface area contributed by atoms with Crippen molar-refractivity contribution < 1.29 is 17.9 Å². The zero-order valence-electron chi connectivity index (χ0n) is 13.7. The number of benzene rings is 1. The molecule has 0 saturated carbocycles. The van der Waals surface area contributed by atoms with Crippen LogP contribution in [0.1, 0.15) is 22.6 Å². The van der Waals surface area contributed by atoms with E-state index in [9.17, 15) is 13.2 Å². The summed E-state index contributed by atoms with van der Waals surface area (Å²) < 4.78 is 46.0. The van der Waals surface area contributed by atoms with Gasteiger partial charge in [0.25, 0.3) is 0 Å². The molecule has 24 heavy (non-hydrogen) atoms. The normalized spacial score (nSPS) is 12.0. The van der Waals surface area contributed by atoms with Crippen molar-refractivity contribution in [2.24, 2.45) is 0 Å². The van der Waals surface area contributed by atoms with Crippen molar-refractivity contribution in [1.29, 1.82) is 0 Å². The van der Waals surface area contributed by atoms with Gasteiger partial charge < -0.3 is 4.74 Å². The average molecular weight is 335 g/mol. The second-order valence-corrected chi connectivity index (χ2v) is 5.66. The fourth-order valence-electron chi connectivity index (χ4n) is 2.82. The summed E-state index contributed by atoms with van der Waals surface area (Å²) >= 11 is 0. The highest BCUT2D eigenvalue weighted by Crippen LogP contribution is 2.35. The Labute approximate surface area is 136 Å². The van der Waals surface area contributed by atoms with Gasteiger partial charge in [-0.25, -0.2) is 9.50 Å². The first-order valence-corrected chi connectivity index (χ1v) is 7.31. The molecule has 2 heterocycles. The number of ether oxygens (including phenoxy) is 1. The Hall–Kier alpha value is -2.57. The molecule has 0 fully saturated rings. The molecule has 3 rings (SSSR count). The van der Waals surface area contributed by atoms with Crippen molar-refractivity contribution in [3.05, 3.63) is 46.9 Å². The predicted octanol–water partition coefficient (Wildman–Crippen LogP) is 4.35. The van der Waals surface area contributed by atoms with Crippen LogP contribution in [0.5, 0.6) is 5.75 Å². The molecular formula is C17H16F3N3O. The number of aryl methyl sites for hydroxylation is 3. The minimum Gasteiger partial charge on any atom is -0.496 e. The number of hydrogen-bond acceptors (Lipinski definition) is 3. The number of nitrogens with zero attached hydrogens (tertiary/aromatic N) is 3. The van der Waals surface area contributed by atoms with Gasteiger partial charge in [-0.15, -0.1) is 0 Å². The lowest BCUT2D eigenvalue weighted by Crippen LogP contribution is -2.13. The van der Waals surface area contributed by atoms with Crippen molar-refractivity contribution in [3.63, 3.8) is 0 Å². The zero-order chi connectivity index (χ0) is 17.6. The Morgan fingerprint density at radius 3 is 2.38 bits per heavy atom.